The Labute approximate surface area is 79.8 Å². The molecule has 0 bridgehead atoms. The Morgan fingerprint density at radius 3 is 2.92 bits per heavy atom. The van der Waals surface area contributed by atoms with Crippen LogP contribution < -0.4 is 5.73 Å². The molecule has 0 saturated carbocycles. The molecule has 2 N–H and O–H groups in total. The molecule has 2 nitrogen and oxygen atoms in total. The standard InChI is InChI=1S/C11H17NO/c1-9(12)8-10-4-3-5-11(13-2)7-6-10/h3-7,9,11H,8,12H2,1-2H3. The largest absolute Gasteiger partial charge is 0.373 e. The number of ether oxygens (including phenoxy) is 1. The highest BCUT2D eigenvalue weighted by Gasteiger charge is 2.02. The lowest BCUT2D eigenvalue weighted by atomic mass is 10.1. The molecule has 0 spiro atoms. The third kappa shape index (κ3) is 3.57. The van der Waals surface area contributed by atoms with Crippen LogP contribution in [0.4, 0.5) is 0 Å². The highest BCUT2D eigenvalue weighted by atomic mass is 16.5. The van der Waals surface area contributed by atoms with E-state index >= 15 is 0 Å². The van der Waals surface area contributed by atoms with Crippen molar-refractivity contribution in [1.82, 2.24) is 0 Å². The molecule has 0 aromatic carbocycles. The van der Waals surface area contributed by atoms with E-state index in [0.29, 0.717) is 0 Å². The smallest absolute Gasteiger partial charge is 0.0939 e. The topological polar surface area (TPSA) is 35.2 Å². The van der Waals surface area contributed by atoms with Crippen molar-refractivity contribution in [2.75, 3.05) is 7.11 Å². The van der Waals surface area contributed by atoms with Gasteiger partial charge in [-0.25, -0.2) is 0 Å². The molecular formula is C11H17NO. The molecule has 0 radical (unpaired) electrons. The lowest BCUT2D eigenvalue weighted by Gasteiger charge is -2.05. The summed E-state index contributed by atoms with van der Waals surface area (Å²) in [5.41, 5.74) is 6.97. The van der Waals surface area contributed by atoms with Crippen LogP contribution in [0.1, 0.15) is 13.3 Å². The molecule has 2 heteroatoms. The fourth-order valence-corrected chi connectivity index (χ4v) is 1.29. The number of allylic oxidation sites excluding steroid dienone is 3. The zero-order valence-electron chi connectivity index (χ0n) is 8.23. The van der Waals surface area contributed by atoms with Crippen molar-refractivity contribution in [2.24, 2.45) is 5.73 Å². The number of hydrogen-bond donors (Lipinski definition) is 1. The van der Waals surface area contributed by atoms with Gasteiger partial charge in [0.05, 0.1) is 6.10 Å². The highest BCUT2D eigenvalue weighted by Crippen LogP contribution is 2.11. The number of nitrogens with two attached hydrogens (primary N) is 1. The Morgan fingerprint density at radius 1 is 1.54 bits per heavy atom. The molecule has 0 aromatic rings. The van der Waals surface area contributed by atoms with Gasteiger partial charge >= 0.3 is 0 Å². The highest BCUT2D eigenvalue weighted by molar-refractivity contribution is 5.30. The minimum absolute atomic E-state index is 0.0989. The normalized spacial score (nSPS) is 23.9. The van der Waals surface area contributed by atoms with Gasteiger partial charge < -0.3 is 10.5 Å². The number of methoxy groups -OCH3 is 1. The molecule has 72 valence electrons. The van der Waals surface area contributed by atoms with Crippen molar-refractivity contribution >= 4 is 0 Å². The summed E-state index contributed by atoms with van der Waals surface area (Å²) in [5.74, 6) is 0. The first-order valence-electron chi connectivity index (χ1n) is 4.56. The molecule has 0 heterocycles. The first kappa shape index (κ1) is 10.2. The van der Waals surface area contributed by atoms with Gasteiger partial charge in [-0.15, -0.1) is 0 Å². The van der Waals surface area contributed by atoms with Crippen LogP contribution in [0, 0.1) is 0 Å². The van der Waals surface area contributed by atoms with Gasteiger partial charge in [-0.3, -0.25) is 0 Å². The minimum Gasteiger partial charge on any atom is -0.373 e. The minimum atomic E-state index is 0.0989. The van der Waals surface area contributed by atoms with Gasteiger partial charge in [0.25, 0.3) is 0 Å². The third-order valence-corrected chi connectivity index (χ3v) is 1.94. The van der Waals surface area contributed by atoms with Gasteiger partial charge in [-0.2, -0.15) is 0 Å². The molecule has 1 aliphatic carbocycles. The van der Waals surface area contributed by atoms with E-state index in [2.05, 4.69) is 12.2 Å². The quantitative estimate of drug-likeness (QED) is 0.717. The van der Waals surface area contributed by atoms with Crippen LogP contribution in [0.3, 0.4) is 0 Å². The summed E-state index contributed by atoms with van der Waals surface area (Å²) in [5, 5.41) is 0. The van der Waals surface area contributed by atoms with Crippen molar-refractivity contribution in [2.45, 2.75) is 25.5 Å². The van der Waals surface area contributed by atoms with Crippen LogP contribution in [0.25, 0.3) is 0 Å². The van der Waals surface area contributed by atoms with E-state index in [4.69, 9.17) is 10.5 Å². The maximum absolute atomic E-state index is 5.71. The summed E-state index contributed by atoms with van der Waals surface area (Å²) in [6.45, 7) is 2.01. The second kappa shape index (κ2) is 5.00. The van der Waals surface area contributed by atoms with Gasteiger partial charge in [0, 0.05) is 13.2 Å². The predicted octanol–water partition coefficient (Wildman–Crippen LogP) is 1.79. The number of hydrogen-bond acceptors (Lipinski definition) is 2. The molecule has 0 aliphatic heterocycles. The van der Waals surface area contributed by atoms with Crippen molar-refractivity contribution in [3.63, 3.8) is 0 Å². The molecule has 0 fully saturated rings. The Morgan fingerprint density at radius 2 is 2.31 bits per heavy atom. The second-order valence-corrected chi connectivity index (χ2v) is 3.37. The molecule has 1 rings (SSSR count). The molecule has 0 aromatic heterocycles. The number of rotatable bonds is 3. The van der Waals surface area contributed by atoms with Gasteiger partial charge in [-0.05, 0) is 18.9 Å². The second-order valence-electron chi connectivity index (χ2n) is 3.37. The van der Waals surface area contributed by atoms with Crippen LogP contribution in [0.2, 0.25) is 0 Å². The molecule has 0 saturated heterocycles. The first-order valence-corrected chi connectivity index (χ1v) is 4.56. The van der Waals surface area contributed by atoms with Crippen molar-refractivity contribution in [3.8, 4) is 0 Å². The summed E-state index contributed by atoms with van der Waals surface area (Å²) >= 11 is 0. The van der Waals surface area contributed by atoms with E-state index in [1.165, 1.54) is 5.57 Å². The molecule has 0 amide bonds. The Bertz CT molecular complexity index is 238. The average Bonchev–Trinajstić information content (AvgIpc) is 2.29. The fraction of sp³-hybridized carbons (Fsp3) is 0.455. The van der Waals surface area contributed by atoms with Crippen LogP contribution in [0.15, 0.2) is 36.0 Å². The van der Waals surface area contributed by atoms with Gasteiger partial charge in [0.2, 0.25) is 0 Å². The summed E-state index contributed by atoms with van der Waals surface area (Å²) in [6, 6.07) is 0.211. The Kier molecular flexibility index (Phi) is 3.93. The van der Waals surface area contributed by atoms with Crippen LogP contribution in [-0.4, -0.2) is 19.3 Å². The van der Waals surface area contributed by atoms with Crippen molar-refractivity contribution in [3.05, 3.63) is 36.0 Å². The first-order chi connectivity index (χ1) is 6.22. The van der Waals surface area contributed by atoms with Crippen LogP contribution in [-0.2, 0) is 4.74 Å². The third-order valence-electron chi connectivity index (χ3n) is 1.94. The monoisotopic (exact) mass is 179 g/mol. The Hall–Kier alpha value is -0.860. The zero-order valence-corrected chi connectivity index (χ0v) is 8.23. The summed E-state index contributed by atoms with van der Waals surface area (Å²) in [7, 11) is 1.70. The van der Waals surface area contributed by atoms with Crippen LogP contribution in [0.5, 0.6) is 0 Å². The summed E-state index contributed by atoms with van der Waals surface area (Å²) in [4.78, 5) is 0. The van der Waals surface area contributed by atoms with Crippen LogP contribution >= 0.6 is 0 Å². The average molecular weight is 179 g/mol. The predicted molar refractivity (Wildman–Crippen MR) is 55.4 cm³/mol. The SMILES string of the molecule is COC1C=CC=C(CC(C)N)C=C1. The van der Waals surface area contributed by atoms with Gasteiger partial charge in [0.15, 0.2) is 0 Å². The van der Waals surface area contributed by atoms with E-state index in [9.17, 15) is 0 Å². The molecule has 2 unspecified atom stereocenters. The molecule has 1 aliphatic rings. The van der Waals surface area contributed by atoms with E-state index in [-0.39, 0.29) is 12.1 Å². The van der Waals surface area contributed by atoms with E-state index in [1.807, 2.05) is 25.2 Å². The van der Waals surface area contributed by atoms with E-state index in [0.717, 1.165) is 6.42 Å². The van der Waals surface area contributed by atoms with Crippen molar-refractivity contribution in [1.29, 1.82) is 0 Å². The lowest BCUT2D eigenvalue weighted by molar-refractivity contribution is 0.178. The maximum Gasteiger partial charge on any atom is 0.0939 e. The van der Waals surface area contributed by atoms with Crippen molar-refractivity contribution < 1.29 is 4.74 Å². The zero-order chi connectivity index (χ0) is 9.68. The Balaban J connectivity index is 2.59. The van der Waals surface area contributed by atoms with E-state index < -0.39 is 0 Å². The fourth-order valence-electron chi connectivity index (χ4n) is 1.29. The molecular weight excluding hydrogens is 162 g/mol. The molecule has 2 atom stereocenters. The maximum atomic E-state index is 5.71. The van der Waals surface area contributed by atoms with Gasteiger partial charge in [0.1, 0.15) is 0 Å². The molecule has 13 heavy (non-hydrogen) atoms. The summed E-state index contributed by atoms with van der Waals surface area (Å²) in [6.07, 6.45) is 11.3. The lowest BCUT2D eigenvalue weighted by Crippen LogP contribution is -2.14. The van der Waals surface area contributed by atoms with E-state index in [1.54, 1.807) is 7.11 Å². The summed E-state index contributed by atoms with van der Waals surface area (Å²) < 4.78 is 5.19. The van der Waals surface area contributed by atoms with Gasteiger partial charge in [-0.1, -0.05) is 30.4 Å².